The van der Waals surface area contributed by atoms with Gasteiger partial charge in [-0.3, -0.25) is 4.79 Å². The Kier molecular flexibility index (Phi) is 3.69. The zero-order valence-corrected chi connectivity index (χ0v) is 15.4. The van der Waals surface area contributed by atoms with Gasteiger partial charge in [-0.25, -0.2) is 0 Å². The van der Waals surface area contributed by atoms with E-state index in [0.29, 0.717) is 30.0 Å². The summed E-state index contributed by atoms with van der Waals surface area (Å²) in [6.07, 6.45) is 4.38. The van der Waals surface area contributed by atoms with E-state index in [2.05, 4.69) is 10.2 Å². The van der Waals surface area contributed by atoms with Gasteiger partial charge in [0.2, 0.25) is 5.89 Å². The van der Waals surface area contributed by atoms with E-state index < -0.39 is 17.1 Å². The van der Waals surface area contributed by atoms with Crippen molar-refractivity contribution >= 4 is 5.97 Å². The number of carbonyl (C=O) groups excluding carboxylic acids is 1. The SMILES string of the molecule is C[C@@H](OC(=O)C12C[C@@H]3C[C@@H](CC(O)(C3)C1)C2)c1nnc(-c2ccccc2)o1. The van der Waals surface area contributed by atoms with Gasteiger partial charge in [-0.2, -0.15) is 0 Å². The highest BCUT2D eigenvalue weighted by molar-refractivity contribution is 5.78. The maximum absolute atomic E-state index is 13.1. The molecule has 0 saturated heterocycles. The van der Waals surface area contributed by atoms with Gasteiger partial charge in [0, 0.05) is 5.56 Å². The van der Waals surface area contributed by atoms with Gasteiger partial charge in [0.15, 0.2) is 6.10 Å². The Morgan fingerprint density at radius 1 is 1.19 bits per heavy atom. The number of ether oxygens (including phenoxy) is 1. The molecule has 1 heterocycles. The molecule has 6 heteroatoms. The normalized spacial score (nSPS) is 35.2. The Hall–Kier alpha value is -2.21. The molecule has 4 aliphatic carbocycles. The fraction of sp³-hybridized carbons (Fsp3) is 0.571. The Bertz CT molecular complexity index is 848. The molecule has 2 aromatic rings. The molecule has 1 N–H and O–H groups in total. The van der Waals surface area contributed by atoms with E-state index in [9.17, 15) is 9.90 Å². The lowest BCUT2D eigenvalue weighted by molar-refractivity contribution is -0.200. The molecule has 0 aliphatic heterocycles. The summed E-state index contributed by atoms with van der Waals surface area (Å²) in [6, 6.07) is 9.51. The highest BCUT2D eigenvalue weighted by Crippen LogP contribution is 2.62. The molecule has 6 rings (SSSR count). The maximum Gasteiger partial charge on any atom is 0.312 e. The largest absolute Gasteiger partial charge is 0.452 e. The standard InChI is InChI=1S/C21H24N2O4/c1-13(17-22-23-18(27-17)16-5-3-2-4-6-16)26-19(24)20-8-14-7-15(9-20)11-21(25,10-14)12-20/h2-6,13-15,25H,7-12H2,1H3/t13-,14-,15+,20?,21?/m1/s1. The van der Waals surface area contributed by atoms with Crippen LogP contribution in [-0.4, -0.2) is 26.9 Å². The second-order valence-electron chi connectivity index (χ2n) is 8.82. The second-order valence-corrected chi connectivity index (χ2v) is 8.82. The molecule has 4 bridgehead atoms. The first-order valence-corrected chi connectivity index (χ1v) is 9.77. The number of aromatic nitrogens is 2. The lowest BCUT2D eigenvalue weighted by Crippen LogP contribution is -2.58. The Labute approximate surface area is 157 Å². The van der Waals surface area contributed by atoms with E-state index in [0.717, 1.165) is 37.7 Å². The van der Waals surface area contributed by atoms with Crippen LogP contribution in [0.4, 0.5) is 0 Å². The number of aliphatic hydroxyl groups is 1. The molecule has 4 saturated carbocycles. The molecule has 0 radical (unpaired) electrons. The minimum Gasteiger partial charge on any atom is -0.452 e. The van der Waals surface area contributed by atoms with E-state index in [1.807, 2.05) is 30.3 Å². The van der Waals surface area contributed by atoms with Crippen LogP contribution in [0.3, 0.4) is 0 Å². The molecule has 0 spiro atoms. The highest BCUT2D eigenvalue weighted by atomic mass is 16.6. The molecular weight excluding hydrogens is 344 g/mol. The average molecular weight is 368 g/mol. The summed E-state index contributed by atoms with van der Waals surface area (Å²) < 4.78 is 11.5. The summed E-state index contributed by atoms with van der Waals surface area (Å²) in [5.74, 6) is 1.37. The van der Waals surface area contributed by atoms with Crippen molar-refractivity contribution < 1.29 is 19.1 Å². The minimum absolute atomic E-state index is 0.220. The van der Waals surface area contributed by atoms with E-state index in [1.165, 1.54) is 0 Å². The fourth-order valence-electron chi connectivity index (χ4n) is 5.89. The lowest BCUT2D eigenvalue weighted by Gasteiger charge is -2.58. The van der Waals surface area contributed by atoms with Crippen molar-refractivity contribution in [1.82, 2.24) is 10.2 Å². The summed E-state index contributed by atoms with van der Waals surface area (Å²) in [4.78, 5) is 13.1. The summed E-state index contributed by atoms with van der Waals surface area (Å²) >= 11 is 0. The molecule has 1 aromatic heterocycles. The van der Waals surface area contributed by atoms with Crippen molar-refractivity contribution in [1.29, 1.82) is 0 Å². The maximum atomic E-state index is 13.1. The molecule has 2 unspecified atom stereocenters. The number of benzene rings is 1. The van der Waals surface area contributed by atoms with Crippen molar-refractivity contribution in [2.75, 3.05) is 0 Å². The third-order valence-electron chi connectivity index (χ3n) is 6.56. The number of hydrogen-bond acceptors (Lipinski definition) is 6. The van der Waals surface area contributed by atoms with Crippen LogP contribution in [0, 0.1) is 17.3 Å². The molecular formula is C21H24N2O4. The van der Waals surface area contributed by atoms with Gasteiger partial charge >= 0.3 is 5.97 Å². The van der Waals surface area contributed by atoms with Gasteiger partial charge in [-0.1, -0.05) is 18.2 Å². The molecule has 4 fully saturated rings. The van der Waals surface area contributed by atoms with Crippen molar-refractivity contribution in [3.63, 3.8) is 0 Å². The summed E-state index contributed by atoms with van der Waals surface area (Å²) in [5.41, 5.74) is -0.398. The summed E-state index contributed by atoms with van der Waals surface area (Å²) in [6.45, 7) is 1.76. The average Bonchev–Trinajstić information content (AvgIpc) is 3.10. The third kappa shape index (κ3) is 2.87. The predicted molar refractivity (Wildman–Crippen MR) is 96.3 cm³/mol. The zero-order chi connectivity index (χ0) is 18.6. The summed E-state index contributed by atoms with van der Waals surface area (Å²) in [7, 11) is 0. The molecule has 1 aromatic carbocycles. The van der Waals surface area contributed by atoms with E-state index in [4.69, 9.17) is 9.15 Å². The lowest BCUT2D eigenvalue weighted by atomic mass is 9.48. The number of esters is 1. The Balaban J connectivity index is 1.32. The number of nitrogens with zero attached hydrogens (tertiary/aromatic N) is 2. The van der Waals surface area contributed by atoms with Crippen LogP contribution in [0.15, 0.2) is 34.7 Å². The predicted octanol–water partition coefficient (Wildman–Crippen LogP) is 3.67. The van der Waals surface area contributed by atoms with Crippen molar-refractivity contribution in [2.24, 2.45) is 17.3 Å². The molecule has 6 nitrogen and oxygen atoms in total. The Morgan fingerprint density at radius 3 is 2.56 bits per heavy atom. The first-order chi connectivity index (χ1) is 12.9. The van der Waals surface area contributed by atoms with Crippen LogP contribution in [0.2, 0.25) is 0 Å². The van der Waals surface area contributed by atoms with Crippen LogP contribution in [0.25, 0.3) is 11.5 Å². The van der Waals surface area contributed by atoms with Crippen LogP contribution in [0.1, 0.15) is 57.4 Å². The van der Waals surface area contributed by atoms with Crippen LogP contribution < -0.4 is 0 Å². The molecule has 0 amide bonds. The van der Waals surface area contributed by atoms with E-state index in [-0.39, 0.29) is 5.97 Å². The van der Waals surface area contributed by atoms with Crippen molar-refractivity contribution in [3.05, 3.63) is 36.2 Å². The zero-order valence-electron chi connectivity index (χ0n) is 15.4. The smallest absolute Gasteiger partial charge is 0.312 e. The van der Waals surface area contributed by atoms with Gasteiger partial charge in [-0.15, -0.1) is 10.2 Å². The van der Waals surface area contributed by atoms with Gasteiger partial charge in [-0.05, 0) is 69.4 Å². The van der Waals surface area contributed by atoms with Crippen LogP contribution in [-0.2, 0) is 9.53 Å². The van der Waals surface area contributed by atoms with E-state index >= 15 is 0 Å². The molecule has 5 atom stereocenters. The highest BCUT2D eigenvalue weighted by Gasteiger charge is 2.61. The van der Waals surface area contributed by atoms with Crippen LogP contribution >= 0.6 is 0 Å². The first kappa shape index (κ1) is 16.9. The summed E-state index contributed by atoms with van der Waals surface area (Å²) in [5, 5.41) is 19.0. The van der Waals surface area contributed by atoms with Crippen molar-refractivity contribution in [3.8, 4) is 11.5 Å². The van der Waals surface area contributed by atoms with Gasteiger partial charge in [0.1, 0.15) is 0 Å². The number of rotatable bonds is 4. The number of hydrogen-bond donors (Lipinski definition) is 1. The van der Waals surface area contributed by atoms with E-state index in [1.54, 1.807) is 6.92 Å². The quantitative estimate of drug-likeness (QED) is 0.829. The number of carbonyl (C=O) groups is 1. The Morgan fingerprint density at radius 2 is 1.89 bits per heavy atom. The molecule has 27 heavy (non-hydrogen) atoms. The second kappa shape index (κ2) is 5.89. The van der Waals surface area contributed by atoms with Crippen molar-refractivity contribution in [2.45, 2.75) is 57.2 Å². The first-order valence-electron chi connectivity index (χ1n) is 9.77. The van der Waals surface area contributed by atoms with Crippen LogP contribution in [0.5, 0.6) is 0 Å². The third-order valence-corrected chi connectivity index (χ3v) is 6.56. The molecule has 142 valence electrons. The monoisotopic (exact) mass is 368 g/mol. The van der Waals surface area contributed by atoms with Gasteiger partial charge in [0.05, 0.1) is 11.0 Å². The topological polar surface area (TPSA) is 85.5 Å². The minimum atomic E-state index is -0.683. The molecule has 4 aliphatic rings. The fourth-order valence-corrected chi connectivity index (χ4v) is 5.89. The van der Waals surface area contributed by atoms with Gasteiger partial charge < -0.3 is 14.3 Å². The van der Waals surface area contributed by atoms with Gasteiger partial charge in [0.25, 0.3) is 5.89 Å².